The number of nitrogens with zero attached hydrogens (tertiary/aromatic N) is 1. The molecule has 1 heterocycles. The first-order valence-electron chi connectivity index (χ1n) is 6.06. The van der Waals surface area contributed by atoms with Crippen LogP contribution in [0.15, 0.2) is 34.9 Å². The molecule has 1 aromatic carbocycles. The lowest BCUT2D eigenvalue weighted by Gasteiger charge is -2.04. The van der Waals surface area contributed by atoms with Crippen molar-refractivity contribution in [2.24, 2.45) is 5.92 Å². The maximum Gasteiger partial charge on any atom is 0.208 e. The molecule has 4 heteroatoms. The van der Waals surface area contributed by atoms with Gasteiger partial charge in [0.25, 0.3) is 0 Å². The highest BCUT2D eigenvalue weighted by atomic mass is 127. The topological polar surface area (TPSA) is 38.1 Å². The van der Waals surface area contributed by atoms with Gasteiger partial charge in [-0.2, -0.15) is 0 Å². The minimum atomic E-state index is 0.635. The third-order valence-corrected chi connectivity index (χ3v) is 3.23. The summed E-state index contributed by atoms with van der Waals surface area (Å²) in [6.07, 6.45) is 1.79. The van der Waals surface area contributed by atoms with Crippen LogP contribution in [0.3, 0.4) is 0 Å². The number of oxazole rings is 1. The number of aromatic nitrogens is 1. The summed E-state index contributed by atoms with van der Waals surface area (Å²) in [4.78, 5) is 4.28. The number of hydrogen-bond acceptors (Lipinski definition) is 3. The number of halogens is 1. The van der Waals surface area contributed by atoms with Gasteiger partial charge in [-0.1, -0.05) is 26.0 Å². The normalized spacial score (nSPS) is 11.1. The quantitative estimate of drug-likeness (QED) is 0.831. The molecule has 0 atom stereocenters. The van der Waals surface area contributed by atoms with E-state index in [9.17, 15) is 0 Å². The summed E-state index contributed by atoms with van der Waals surface area (Å²) in [7, 11) is 0. The van der Waals surface area contributed by atoms with Crippen molar-refractivity contribution in [1.29, 1.82) is 0 Å². The summed E-state index contributed by atoms with van der Waals surface area (Å²) >= 11 is 2.29. The highest BCUT2D eigenvalue weighted by Gasteiger charge is 2.06. The molecule has 3 nitrogen and oxygen atoms in total. The predicted molar refractivity (Wildman–Crippen MR) is 81.2 cm³/mol. The van der Waals surface area contributed by atoms with Crippen molar-refractivity contribution in [2.75, 3.05) is 6.54 Å². The molecule has 0 bridgehead atoms. The van der Waals surface area contributed by atoms with E-state index in [0.29, 0.717) is 12.5 Å². The highest BCUT2D eigenvalue weighted by molar-refractivity contribution is 14.1. The smallest absolute Gasteiger partial charge is 0.208 e. The summed E-state index contributed by atoms with van der Waals surface area (Å²) in [5.41, 5.74) is 1.07. The molecule has 0 unspecified atom stereocenters. The average molecular weight is 356 g/mol. The van der Waals surface area contributed by atoms with E-state index in [1.807, 2.05) is 12.1 Å². The predicted octanol–water partition coefficient (Wildman–Crippen LogP) is 3.69. The van der Waals surface area contributed by atoms with Crippen molar-refractivity contribution in [3.05, 3.63) is 39.9 Å². The van der Waals surface area contributed by atoms with Crippen LogP contribution < -0.4 is 5.32 Å². The monoisotopic (exact) mass is 356 g/mol. The number of nitrogens with one attached hydrogen (secondary N) is 1. The maximum atomic E-state index is 5.72. The Balaban J connectivity index is 1.99. The Bertz CT molecular complexity index is 491. The first-order chi connectivity index (χ1) is 8.65. The van der Waals surface area contributed by atoms with Crippen molar-refractivity contribution in [3.63, 3.8) is 0 Å². The van der Waals surface area contributed by atoms with E-state index in [0.717, 1.165) is 23.8 Å². The molecule has 0 spiro atoms. The van der Waals surface area contributed by atoms with Crippen LogP contribution in [0.5, 0.6) is 0 Å². The second-order valence-electron chi connectivity index (χ2n) is 4.65. The van der Waals surface area contributed by atoms with E-state index >= 15 is 0 Å². The molecule has 0 aliphatic heterocycles. The third kappa shape index (κ3) is 3.81. The van der Waals surface area contributed by atoms with Crippen molar-refractivity contribution in [3.8, 4) is 11.3 Å². The van der Waals surface area contributed by atoms with Crippen molar-refractivity contribution in [1.82, 2.24) is 10.3 Å². The number of hydrogen-bond donors (Lipinski definition) is 1. The van der Waals surface area contributed by atoms with Gasteiger partial charge in [-0.05, 0) is 47.2 Å². The second kappa shape index (κ2) is 6.33. The molecule has 2 aromatic rings. The molecule has 2 rings (SSSR count). The van der Waals surface area contributed by atoms with Gasteiger partial charge in [-0.15, -0.1) is 0 Å². The highest BCUT2D eigenvalue weighted by Crippen LogP contribution is 2.21. The number of rotatable bonds is 5. The van der Waals surface area contributed by atoms with Crippen LogP contribution in [-0.2, 0) is 6.54 Å². The first kappa shape index (κ1) is 13.5. The summed E-state index contributed by atoms with van der Waals surface area (Å²) in [6.45, 7) is 6.02. The Kier molecular flexibility index (Phi) is 4.77. The Morgan fingerprint density at radius 2 is 2.00 bits per heavy atom. The lowest BCUT2D eigenvalue weighted by Crippen LogP contribution is -2.18. The van der Waals surface area contributed by atoms with E-state index in [-0.39, 0.29) is 0 Å². The van der Waals surface area contributed by atoms with Crippen LogP contribution in [0.2, 0.25) is 0 Å². The molecule has 96 valence electrons. The molecular formula is C14H17IN2O. The van der Waals surface area contributed by atoms with Gasteiger partial charge < -0.3 is 9.73 Å². The molecule has 0 aliphatic rings. The first-order valence-corrected chi connectivity index (χ1v) is 7.14. The molecule has 0 aliphatic carbocycles. The average Bonchev–Trinajstić information content (AvgIpc) is 2.78. The zero-order valence-corrected chi connectivity index (χ0v) is 12.8. The molecule has 0 saturated carbocycles. The molecule has 0 fully saturated rings. The fourth-order valence-electron chi connectivity index (χ4n) is 1.61. The second-order valence-corrected chi connectivity index (χ2v) is 5.90. The molecule has 0 saturated heterocycles. The van der Waals surface area contributed by atoms with Crippen molar-refractivity contribution >= 4 is 22.6 Å². The summed E-state index contributed by atoms with van der Waals surface area (Å²) in [5, 5.41) is 3.32. The van der Waals surface area contributed by atoms with Gasteiger partial charge in [0, 0.05) is 9.13 Å². The Morgan fingerprint density at radius 3 is 2.67 bits per heavy atom. The van der Waals surface area contributed by atoms with E-state index in [2.05, 4.69) is 58.9 Å². The van der Waals surface area contributed by atoms with Crippen molar-refractivity contribution in [2.45, 2.75) is 20.4 Å². The number of benzene rings is 1. The fourth-order valence-corrected chi connectivity index (χ4v) is 1.97. The van der Waals surface area contributed by atoms with Gasteiger partial charge in [-0.25, -0.2) is 4.98 Å². The molecular weight excluding hydrogens is 339 g/mol. The standard InChI is InChI=1S/C14H17IN2O/c1-10(2)7-16-9-14-17-8-13(18-14)11-3-5-12(15)6-4-11/h3-6,8,10,16H,7,9H2,1-2H3. The molecule has 0 radical (unpaired) electrons. The van der Waals surface area contributed by atoms with E-state index in [1.165, 1.54) is 3.57 Å². The largest absolute Gasteiger partial charge is 0.439 e. The van der Waals surface area contributed by atoms with Crippen LogP contribution in [0.25, 0.3) is 11.3 Å². The lowest BCUT2D eigenvalue weighted by atomic mass is 10.2. The van der Waals surface area contributed by atoms with E-state index in [4.69, 9.17) is 4.42 Å². The fraction of sp³-hybridized carbons (Fsp3) is 0.357. The summed E-state index contributed by atoms with van der Waals surface area (Å²) in [6, 6.07) is 8.23. The van der Waals surface area contributed by atoms with Gasteiger partial charge >= 0.3 is 0 Å². The van der Waals surface area contributed by atoms with Gasteiger partial charge in [0.2, 0.25) is 5.89 Å². The Labute approximate surface area is 121 Å². The SMILES string of the molecule is CC(C)CNCc1ncc(-c2ccc(I)cc2)o1. The third-order valence-electron chi connectivity index (χ3n) is 2.51. The minimum Gasteiger partial charge on any atom is -0.439 e. The van der Waals surface area contributed by atoms with Crippen LogP contribution in [0.4, 0.5) is 0 Å². The zero-order valence-electron chi connectivity index (χ0n) is 10.6. The van der Waals surface area contributed by atoms with Gasteiger partial charge in [-0.3, -0.25) is 0 Å². The van der Waals surface area contributed by atoms with Crippen LogP contribution in [0.1, 0.15) is 19.7 Å². The molecule has 0 amide bonds. The summed E-state index contributed by atoms with van der Waals surface area (Å²) < 4.78 is 6.93. The van der Waals surface area contributed by atoms with E-state index in [1.54, 1.807) is 6.20 Å². The Hall–Kier alpha value is -0.880. The Morgan fingerprint density at radius 1 is 1.28 bits per heavy atom. The van der Waals surface area contributed by atoms with Crippen molar-refractivity contribution < 1.29 is 4.42 Å². The van der Waals surface area contributed by atoms with Gasteiger partial charge in [0.1, 0.15) is 0 Å². The van der Waals surface area contributed by atoms with E-state index < -0.39 is 0 Å². The minimum absolute atomic E-state index is 0.635. The van der Waals surface area contributed by atoms with Gasteiger partial charge in [0.05, 0.1) is 12.7 Å². The zero-order chi connectivity index (χ0) is 13.0. The van der Waals surface area contributed by atoms with Gasteiger partial charge in [0.15, 0.2) is 5.76 Å². The van der Waals surface area contributed by atoms with Crippen LogP contribution in [-0.4, -0.2) is 11.5 Å². The molecule has 18 heavy (non-hydrogen) atoms. The van der Waals surface area contributed by atoms with Crippen LogP contribution in [0, 0.1) is 9.49 Å². The summed E-state index contributed by atoms with van der Waals surface area (Å²) in [5.74, 6) is 2.20. The van der Waals surface area contributed by atoms with Crippen LogP contribution >= 0.6 is 22.6 Å². The molecule has 1 aromatic heterocycles. The molecule has 1 N–H and O–H groups in total. The lowest BCUT2D eigenvalue weighted by molar-refractivity contribution is 0.459. The maximum absolute atomic E-state index is 5.72.